The van der Waals surface area contributed by atoms with E-state index in [1.54, 1.807) is 0 Å². The molecule has 0 N–H and O–H groups in total. The lowest BCUT2D eigenvalue weighted by Gasteiger charge is -2.16. The van der Waals surface area contributed by atoms with Crippen molar-refractivity contribution < 1.29 is 8.83 Å². The summed E-state index contributed by atoms with van der Waals surface area (Å²) in [6.45, 7) is 0. The summed E-state index contributed by atoms with van der Waals surface area (Å²) in [6, 6.07) is 65.5. The molecule has 5 aromatic heterocycles. The van der Waals surface area contributed by atoms with Crippen molar-refractivity contribution in [2.45, 2.75) is 0 Å². The van der Waals surface area contributed by atoms with Gasteiger partial charge in [-0.25, -0.2) is 4.98 Å². The van der Waals surface area contributed by atoms with Crippen molar-refractivity contribution in [2.75, 3.05) is 0 Å². The maximum atomic E-state index is 6.96. The van der Waals surface area contributed by atoms with Crippen LogP contribution in [0, 0.1) is 0 Å². The first-order valence-corrected chi connectivity index (χ1v) is 20.8. The average Bonchev–Trinajstić information content (AvgIpc) is 4.08. The highest BCUT2D eigenvalue weighted by atomic mass is 16.3. The number of hydrogen-bond donors (Lipinski definition) is 0. The van der Waals surface area contributed by atoms with Crippen LogP contribution in [-0.2, 0) is 0 Å². The van der Waals surface area contributed by atoms with E-state index in [0.717, 1.165) is 110 Å². The lowest BCUT2D eigenvalue weighted by Crippen LogP contribution is -2.08. The quantitative estimate of drug-likeness (QED) is 0.177. The maximum absolute atomic E-state index is 6.96. The minimum Gasteiger partial charge on any atom is -0.456 e. The standard InChI is InChI=1S/C55H31N5O2/c1-2-14-33-31-47-42(29-32(33)13-1)37-17-5-8-20-44(37)59(47)51-41(27-26-40-38-18-6-12-24-49(38)62-52(40)51)54-56-53(34-25-28-50-43(30-34)39-19-7-11-23-48(39)61-50)57-55(58-54)60-45-21-9-3-15-35(45)36-16-4-10-22-46(36)60/h1-31H. The fourth-order valence-electron chi connectivity index (χ4n) is 9.79. The summed E-state index contributed by atoms with van der Waals surface area (Å²) in [5, 5.41) is 11.0. The summed E-state index contributed by atoms with van der Waals surface area (Å²) >= 11 is 0. The molecule has 0 fully saturated rings. The maximum Gasteiger partial charge on any atom is 0.238 e. The number of rotatable bonds is 4. The summed E-state index contributed by atoms with van der Waals surface area (Å²) in [6.07, 6.45) is 0. The van der Waals surface area contributed by atoms with Crippen LogP contribution < -0.4 is 0 Å². The highest BCUT2D eigenvalue weighted by Gasteiger charge is 2.26. The van der Waals surface area contributed by atoms with Gasteiger partial charge in [-0.05, 0) is 83.6 Å². The van der Waals surface area contributed by atoms with Gasteiger partial charge in [0.15, 0.2) is 17.2 Å². The average molecular weight is 794 g/mol. The predicted molar refractivity (Wildman–Crippen MR) is 251 cm³/mol. The zero-order valence-electron chi connectivity index (χ0n) is 33.0. The van der Waals surface area contributed by atoms with Crippen LogP contribution in [0.2, 0.25) is 0 Å². The van der Waals surface area contributed by atoms with Gasteiger partial charge in [-0.2, -0.15) is 9.97 Å². The van der Waals surface area contributed by atoms with Crippen molar-refractivity contribution in [3.63, 3.8) is 0 Å². The van der Waals surface area contributed by atoms with Gasteiger partial charge in [0.1, 0.15) is 22.4 Å². The van der Waals surface area contributed by atoms with Gasteiger partial charge in [0, 0.05) is 54.2 Å². The van der Waals surface area contributed by atoms with Crippen LogP contribution in [0.1, 0.15) is 0 Å². The molecule has 0 aliphatic carbocycles. The van der Waals surface area contributed by atoms with Crippen molar-refractivity contribution in [1.82, 2.24) is 24.1 Å². The molecule has 14 rings (SSSR count). The largest absolute Gasteiger partial charge is 0.456 e. The fraction of sp³-hybridized carbons (Fsp3) is 0. The Balaban J connectivity index is 1.13. The topological polar surface area (TPSA) is 74.8 Å². The Morgan fingerprint density at radius 2 is 0.887 bits per heavy atom. The highest BCUT2D eigenvalue weighted by molar-refractivity contribution is 6.17. The van der Waals surface area contributed by atoms with E-state index in [1.807, 2.05) is 42.5 Å². The first-order chi connectivity index (χ1) is 30.7. The molecule has 0 unspecified atom stereocenters. The number of hydrogen-bond acceptors (Lipinski definition) is 5. The molecule has 0 saturated carbocycles. The van der Waals surface area contributed by atoms with Gasteiger partial charge in [0.2, 0.25) is 5.95 Å². The van der Waals surface area contributed by atoms with E-state index >= 15 is 0 Å². The highest BCUT2D eigenvalue weighted by Crippen LogP contribution is 2.44. The molecule has 288 valence electrons. The van der Waals surface area contributed by atoms with Crippen LogP contribution in [-0.4, -0.2) is 24.1 Å². The van der Waals surface area contributed by atoms with Gasteiger partial charge >= 0.3 is 0 Å². The van der Waals surface area contributed by atoms with Crippen LogP contribution in [0.5, 0.6) is 0 Å². The second-order valence-corrected chi connectivity index (χ2v) is 16.0. The fourth-order valence-corrected chi connectivity index (χ4v) is 9.79. The molecule has 0 atom stereocenters. The Bertz CT molecular complexity index is 4130. The zero-order valence-corrected chi connectivity index (χ0v) is 33.0. The Labute approximate surface area is 352 Å². The third kappa shape index (κ3) is 4.67. The molecule has 14 aromatic rings. The number of para-hydroxylation sites is 5. The Kier molecular flexibility index (Phi) is 6.71. The lowest BCUT2D eigenvalue weighted by molar-refractivity contribution is 0.666. The Morgan fingerprint density at radius 3 is 1.61 bits per heavy atom. The van der Waals surface area contributed by atoms with E-state index in [2.05, 4.69) is 155 Å². The van der Waals surface area contributed by atoms with Gasteiger partial charge in [-0.1, -0.05) is 115 Å². The number of benzene rings is 9. The normalized spacial score (nSPS) is 12.2. The van der Waals surface area contributed by atoms with Crippen LogP contribution in [0.3, 0.4) is 0 Å². The van der Waals surface area contributed by atoms with Crippen molar-refractivity contribution >= 4 is 98.3 Å². The molecule has 0 bridgehead atoms. The molecule has 7 heteroatoms. The molecule has 62 heavy (non-hydrogen) atoms. The van der Waals surface area contributed by atoms with Crippen molar-refractivity contribution in [2.24, 2.45) is 0 Å². The minimum atomic E-state index is 0.517. The number of furan rings is 2. The lowest BCUT2D eigenvalue weighted by atomic mass is 10.1. The first kappa shape index (κ1) is 33.3. The van der Waals surface area contributed by atoms with Gasteiger partial charge in [-0.3, -0.25) is 4.57 Å². The third-order valence-electron chi connectivity index (χ3n) is 12.6. The minimum absolute atomic E-state index is 0.517. The van der Waals surface area contributed by atoms with Crippen molar-refractivity contribution in [3.8, 4) is 34.4 Å². The van der Waals surface area contributed by atoms with Gasteiger partial charge < -0.3 is 13.4 Å². The third-order valence-corrected chi connectivity index (χ3v) is 12.6. The SMILES string of the molecule is c1ccc2cc3c(cc2c1)c1ccccc1n3-c1c(-c2nc(-c3ccc4oc5ccccc5c4c3)nc(-n3c4ccccc4c4ccccc43)n2)ccc2c1oc1ccccc12. The van der Waals surface area contributed by atoms with Crippen molar-refractivity contribution in [3.05, 3.63) is 188 Å². The summed E-state index contributed by atoms with van der Waals surface area (Å²) < 4.78 is 17.7. The summed E-state index contributed by atoms with van der Waals surface area (Å²) in [5.74, 6) is 1.58. The van der Waals surface area contributed by atoms with E-state index in [1.165, 1.54) is 5.39 Å². The van der Waals surface area contributed by atoms with Crippen molar-refractivity contribution in [1.29, 1.82) is 0 Å². The molecule has 9 aromatic carbocycles. The molecule has 7 nitrogen and oxygen atoms in total. The van der Waals surface area contributed by atoms with E-state index in [4.69, 9.17) is 23.8 Å². The van der Waals surface area contributed by atoms with Crippen LogP contribution in [0.25, 0.3) is 133 Å². The molecule has 0 saturated heterocycles. The molecule has 0 amide bonds. The van der Waals surface area contributed by atoms with Gasteiger partial charge in [0.05, 0.1) is 22.1 Å². The molecular formula is C55H31N5O2. The smallest absolute Gasteiger partial charge is 0.238 e. The summed E-state index contributed by atoms with van der Waals surface area (Å²) in [5.41, 5.74) is 9.88. The molecule has 5 heterocycles. The molecular weight excluding hydrogens is 763 g/mol. The summed E-state index contributed by atoms with van der Waals surface area (Å²) in [4.78, 5) is 16.3. The second kappa shape index (κ2) is 12.5. The predicted octanol–water partition coefficient (Wildman–Crippen LogP) is 14.4. The Hall–Kier alpha value is -8.55. The number of nitrogens with zero attached hydrogens (tertiary/aromatic N) is 5. The number of aromatic nitrogens is 5. The summed E-state index contributed by atoms with van der Waals surface area (Å²) in [7, 11) is 0. The molecule has 0 aliphatic rings. The van der Waals surface area contributed by atoms with Crippen LogP contribution >= 0.6 is 0 Å². The van der Waals surface area contributed by atoms with Gasteiger partial charge in [-0.15, -0.1) is 0 Å². The second-order valence-electron chi connectivity index (χ2n) is 16.0. The van der Waals surface area contributed by atoms with Crippen LogP contribution in [0.4, 0.5) is 0 Å². The molecule has 0 aliphatic heterocycles. The van der Waals surface area contributed by atoms with E-state index in [9.17, 15) is 0 Å². The van der Waals surface area contributed by atoms with E-state index in [0.29, 0.717) is 17.6 Å². The Morgan fingerprint density at radius 1 is 0.339 bits per heavy atom. The van der Waals surface area contributed by atoms with E-state index in [-0.39, 0.29) is 0 Å². The van der Waals surface area contributed by atoms with Gasteiger partial charge in [0.25, 0.3) is 0 Å². The molecule has 0 spiro atoms. The number of fused-ring (bicyclic) bond motifs is 13. The van der Waals surface area contributed by atoms with E-state index < -0.39 is 0 Å². The monoisotopic (exact) mass is 793 g/mol. The van der Waals surface area contributed by atoms with Crippen LogP contribution in [0.15, 0.2) is 197 Å². The zero-order chi connectivity index (χ0) is 40.5. The first-order valence-electron chi connectivity index (χ1n) is 20.8. The molecule has 0 radical (unpaired) electrons.